The summed E-state index contributed by atoms with van der Waals surface area (Å²) in [5.41, 5.74) is 10.6. The SMILES string of the molecule is CSCCC(NC(=O)C(CC(N)=O)NC(=O)C(N)CC(=O)O)C(=O)N1CCCC1C(=O)O. The summed E-state index contributed by atoms with van der Waals surface area (Å²) >= 11 is 1.41. The summed E-state index contributed by atoms with van der Waals surface area (Å²) in [6, 6.07) is -5.04. The van der Waals surface area contributed by atoms with Crippen molar-refractivity contribution in [3.05, 3.63) is 0 Å². The quantitative estimate of drug-likeness (QED) is 0.164. The minimum Gasteiger partial charge on any atom is -0.481 e. The number of hydrogen-bond donors (Lipinski definition) is 6. The predicted molar refractivity (Wildman–Crippen MR) is 113 cm³/mol. The molecule has 0 aromatic rings. The van der Waals surface area contributed by atoms with Crippen molar-refractivity contribution in [2.24, 2.45) is 11.5 Å². The molecule has 0 radical (unpaired) electrons. The number of carbonyl (C=O) groups excluding carboxylic acids is 4. The van der Waals surface area contributed by atoms with Gasteiger partial charge in [-0.05, 0) is 31.3 Å². The number of nitrogens with zero attached hydrogens (tertiary/aromatic N) is 1. The van der Waals surface area contributed by atoms with E-state index < -0.39 is 72.6 Å². The van der Waals surface area contributed by atoms with Crippen LogP contribution in [-0.2, 0) is 28.8 Å². The average Bonchev–Trinajstić information content (AvgIpc) is 3.19. The van der Waals surface area contributed by atoms with E-state index >= 15 is 0 Å². The van der Waals surface area contributed by atoms with Gasteiger partial charge in [-0.2, -0.15) is 11.8 Å². The molecule has 4 amide bonds. The highest BCUT2D eigenvalue weighted by atomic mass is 32.2. The molecular weight excluding hydrogens is 446 g/mol. The normalized spacial score (nSPS) is 18.3. The fraction of sp³-hybridized carbons (Fsp3) is 0.667. The average molecular weight is 476 g/mol. The smallest absolute Gasteiger partial charge is 0.326 e. The van der Waals surface area contributed by atoms with E-state index in [2.05, 4.69) is 10.6 Å². The first-order valence-corrected chi connectivity index (χ1v) is 11.3. The van der Waals surface area contributed by atoms with Gasteiger partial charge in [0.05, 0.1) is 18.9 Å². The van der Waals surface area contributed by atoms with Gasteiger partial charge >= 0.3 is 11.9 Å². The molecule has 1 aliphatic heterocycles. The fourth-order valence-corrected chi connectivity index (χ4v) is 3.69. The lowest BCUT2D eigenvalue weighted by atomic mass is 10.1. The van der Waals surface area contributed by atoms with E-state index in [0.29, 0.717) is 18.6 Å². The molecule has 0 bridgehead atoms. The Kier molecular flexibility index (Phi) is 10.9. The third-order valence-corrected chi connectivity index (χ3v) is 5.46. The number of primary amides is 1. The molecule has 4 atom stereocenters. The summed E-state index contributed by atoms with van der Waals surface area (Å²) in [6.45, 7) is 0.229. The number of aliphatic carboxylic acids is 2. The molecule has 1 saturated heterocycles. The molecule has 0 aromatic carbocycles. The monoisotopic (exact) mass is 475 g/mol. The Labute approximate surface area is 188 Å². The van der Waals surface area contributed by atoms with Crippen LogP contribution in [0.2, 0.25) is 0 Å². The van der Waals surface area contributed by atoms with Crippen molar-refractivity contribution in [3.8, 4) is 0 Å². The largest absolute Gasteiger partial charge is 0.481 e. The second-order valence-corrected chi connectivity index (χ2v) is 8.29. The zero-order chi connectivity index (χ0) is 24.4. The zero-order valence-electron chi connectivity index (χ0n) is 17.6. The van der Waals surface area contributed by atoms with Gasteiger partial charge in [-0.3, -0.25) is 24.0 Å². The molecule has 180 valence electrons. The number of thioether (sulfide) groups is 1. The van der Waals surface area contributed by atoms with E-state index in [0.717, 1.165) is 0 Å². The minimum atomic E-state index is -1.49. The number of nitrogens with two attached hydrogens (primary N) is 2. The Morgan fingerprint density at radius 1 is 1.06 bits per heavy atom. The van der Waals surface area contributed by atoms with Gasteiger partial charge in [0.15, 0.2) is 0 Å². The van der Waals surface area contributed by atoms with Crippen LogP contribution >= 0.6 is 11.8 Å². The highest BCUT2D eigenvalue weighted by Crippen LogP contribution is 2.19. The van der Waals surface area contributed by atoms with E-state index in [1.54, 1.807) is 6.26 Å². The topological polar surface area (TPSA) is 222 Å². The van der Waals surface area contributed by atoms with Gasteiger partial charge in [-0.25, -0.2) is 4.79 Å². The maximum atomic E-state index is 13.0. The van der Waals surface area contributed by atoms with Crippen LogP contribution < -0.4 is 22.1 Å². The summed E-state index contributed by atoms with van der Waals surface area (Å²) in [5, 5.41) is 22.7. The Balaban J connectivity index is 2.98. The minimum absolute atomic E-state index is 0.185. The second kappa shape index (κ2) is 12.9. The van der Waals surface area contributed by atoms with Crippen LogP contribution in [0.3, 0.4) is 0 Å². The van der Waals surface area contributed by atoms with Crippen molar-refractivity contribution in [2.45, 2.75) is 56.3 Å². The van der Waals surface area contributed by atoms with Crippen LogP contribution in [0.4, 0.5) is 0 Å². The molecule has 8 N–H and O–H groups in total. The number of carbonyl (C=O) groups is 6. The molecule has 14 heteroatoms. The van der Waals surface area contributed by atoms with Crippen LogP contribution in [0.25, 0.3) is 0 Å². The van der Waals surface area contributed by atoms with Crippen molar-refractivity contribution in [1.82, 2.24) is 15.5 Å². The van der Waals surface area contributed by atoms with Gasteiger partial charge in [0.25, 0.3) is 0 Å². The van der Waals surface area contributed by atoms with Gasteiger partial charge < -0.3 is 37.2 Å². The molecular formula is C18H29N5O8S. The predicted octanol–water partition coefficient (Wildman–Crippen LogP) is -2.54. The van der Waals surface area contributed by atoms with Gasteiger partial charge in [0.1, 0.15) is 18.1 Å². The fourth-order valence-electron chi connectivity index (χ4n) is 3.22. The molecule has 1 aliphatic rings. The van der Waals surface area contributed by atoms with Crippen LogP contribution in [0.1, 0.15) is 32.1 Å². The Bertz CT molecular complexity index is 749. The van der Waals surface area contributed by atoms with E-state index in [1.165, 1.54) is 16.7 Å². The molecule has 1 rings (SSSR count). The number of rotatable bonds is 13. The van der Waals surface area contributed by atoms with E-state index in [4.69, 9.17) is 16.6 Å². The summed E-state index contributed by atoms with van der Waals surface area (Å²) in [6.07, 6.45) is 1.47. The van der Waals surface area contributed by atoms with Crippen LogP contribution in [0.15, 0.2) is 0 Å². The van der Waals surface area contributed by atoms with Gasteiger partial charge in [0.2, 0.25) is 23.6 Å². The first-order valence-electron chi connectivity index (χ1n) is 9.86. The molecule has 32 heavy (non-hydrogen) atoms. The third kappa shape index (κ3) is 8.34. The summed E-state index contributed by atoms with van der Waals surface area (Å²) in [4.78, 5) is 72.6. The number of hydrogen-bond acceptors (Lipinski definition) is 8. The second-order valence-electron chi connectivity index (χ2n) is 7.31. The van der Waals surface area contributed by atoms with Crippen molar-refractivity contribution in [2.75, 3.05) is 18.6 Å². The first-order chi connectivity index (χ1) is 15.0. The number of carboxylic acids is 2. The van der Waals surface area contributed by atoms with Gasteiger partial charge in [-0.15, -0.1) is 0 Å². The Hall–Kier alpha value is -2.87. The molecule has 0 spiro atoms. The highest BCUT2D eigenvalue weighted by molar-refractivity contribution is 7.98. The molecule has 13 nitrogen and oxygen atoms in total. The lowest BCUT2D eigenvalue weighted by Gasteiger charge is -2.28. The lowest BCUT2D eigenvalue weighted by molar-refractivity contribution is -0.149. The zero-order valence-corrected chi connectivity index (χ0v) is 18.4. The van der Waals surface area contributed by atoms with Gasteiger partial charge in [-0.1, -0.05) is 0 Å². The maximum absolute atomic E-state index is 13.0. The molecule has 1 heterocycles. The summed E-state index contributed by atoms with van der Waals surface area (Å²) in [5.74, 6) is -5.38. The van der Waals surface area contributed by atoms with Crippen molar-refractivity contribution < 1.29 is 39.0 Å². The van der Waals surface area contributed by atoms with Crippen LogP contribution in [0.5, 0.6) is 0 Å². The van der Waals surface area contributed by atoms with E-state index in [-0.39, 0.29) is 13.0 Å². The van der Waals surface area contributed by atoms with Crippen molar-refractivity contribution in [1.29, 1.82) is 0 Å². The number of nitrogens with one attached hydrogen (secondary N) is 2. The summed E-state index contributed by atoms with van der Waals surface area (Å²) in [7, 11) is 0. The molecule has 0 aromatic heterocycles. The molecule has 0 saturated carbocycles. The highest BCUT2D eigenvalue weighted by Gasteiger charge is 2.38. The number of likely N-dealkylation sites (tertiary alicyclic amines) is 1. The number of carboxylic acid groups (broad SMARTS) is 2. The maximum Gasteiger partial charge on any atom is 0.326 e. The van der Waals surface area contributed by atoms with Crippen molar-refractivity contribution >= 4 is 47.3 Å². The Morgan fingerprint density at radius 3 is 2.22 bits per heavy atom. The van der Waals surface area contributed by atoms with E-state index in [1.807, 2.05) is 0 Å². The standard InChI is InChI=1S/C18H29N5O8S/c1-32-6-4-10(17(29)23-5-2-3-12(23)18(30)31)21-16(28)11(8-13(20)24)22-15(27)9(19)7-14(25)26/h9-12H,2-8,19H2,1H3,(H2,20,24)(H,21,28)(H,22,27)(H,25,26)(H,30,31). The third-order valence-electron chi connectivity index (χ3n) is 4.82. The van der Waals surface area contributed by atoms with Gasteiger partial charge in [0, 0.05) is 6.54 Å². The summed E-state index contributed by atoms with van der Waals surface area (Å²) < 4.78 is 0. The number of amides is 4. The lowest BCUT2D eigenvalue weighted by Crippen LogP contribution is -2.58. The van der Waals surface area contributed by atoms with Crippen LogP contribution in [-0.4, -0.2) is 93.4 Å². The first kappa shape index (κ1) is 27.2. The van der Waals surface area contributed by atoms with Crippen molar-refractivity contribution in [3.63, 3.8) is 0 Å². The Morgan fingerprint density at radius 2 is 1.69 bits per heavy atom. The molecule has 1 fully saturated rings. The van der Waals surface area contributed by atoms with E-state index in [9.17, 15) is 33.9 Å². The molecule has 0 aliphatic carbocycles. The van der Waals surface area contributed by atoms with Crippen LogP contribution in [0, 0.1) is 0 Å². The molecule has 4 unspecified atom stereocenters.